The van der Waals surface area contributed by atoms with Gasteiger partial charge in [0.05, 0.1) is 10.7 Å². The molecule has 1 aliphatic heterocycles. The summed E-state index contributed by atoms with van der Waals surface area (Å²) in [6, 6.07) is 17.9. The molecule has 0 radical (unpaired) electrons. The van der Waals surface area contributed by atoms with E-state index in [0.717, 1.165) is 24.5 Å². The Morgan fingerprint density at radius 3 is 2.40 bits per heavy atom. The molecule has 40 heavy (non-hydrogen) atoms. The highest BCUT2D eigenvalue weighted by Crippen LogP contribution is 2.37. The highest BCUT2D eigenvalue weighted by molar-refractivity contribution is 6.30. The molecular weight excluding hydrogens is 548 g/mol. The predicted octanol–water partition coefficient (Wildman–Crippen LogP) is 6.19. The van der Waals surface area contributed by atoms with Crippen LogP contribution in [0.2, 0.25) is 5.02 Å². The van der Waals surface area contributed by atoms with Gasteiger partial charge in [0.2, 0.25) is 0 Å². The first kappa shape index (κ1) is 29.6. The van der Waals surface area contributed by atoms with Gasteiger partial charge in [-0.3, -0.25) is 4.98 Å². The molecule has 4 rings (SSSR count). The molecule has 0 saturated carbocycles. The van der Waals surface area contributed by atoms with Crippen LogP contribution in [0.3, 0.4) is 0 Å². The second-order valence-corrected chi connectivity index (χ2v) is 10.5. The van der Waals surface area contributed by atoms with E-state index in [2.05, 4.69) is 19.9 Å². The van der Waals surface area contributed by atoms with Crippen molar-refractivity contribution < 1.29 is 27.1 Å². The van der Waals surface area contributed by atoms with E-state index in [1.807, 2.05) is 44.4 Å². The first-order valence-corrected chi connectivity index (χ1v) is 13.2. The normalized spacial score (nSPS) is 16.2. The Bertz CT molecular complexity index is 1270. The molecule has 2 heterocycles. The van der Waals surface area contributed by atoms with Gasteiger partial charge in [-0.05, 0) is 62.3 Å². The number of ether oxygens (including phenoxy) is 1. The molecule has 1 aromatic heterocycles. The molecule has 3 aromatic rings. The number of amides is 2. The number of pyridine rings is 1. The number of urea groups is 1. The van der Waals surface area contributed by atoms with E-state index in [4.69, 9.17) is 11.6 Å². The number of piperidine rings is 1. The minimum Gasteiger partial charge on any atom is -0.428 e. The Morgan fingerprint density at radius 1 is 1.10 bits per heavy atom. The Balaban J connectivity index is 1.80. The second-order valence-electron chi connectivity index (χ2n) is 10.0. The van der Waals surface area contributed by atoms with E-state index < -0.39 is 23.8 Å². The maximum Gasteiger partial charge on any atom is 0.461 e. The minimum absolute atomic E-state index is 0.178. The molecular formula is C29H31ClF4N4O2. The molecule has 1 unspecified atom stereocenters. The number of alkyl halides is 4. The number of nitrogens with one attached hydrogen (secondary N) is 1. The van der Waals surface area contributed by atoms with Crippen LogP contribution in [0.15, 0.2) is 72.9 Å². The monoisotopic (exact) mass is 578 g/mol. The zero-order chi connectivity index (χ0) is 28.9. The van der Waals surface area contributed by atoms with E-state index in [9.17, 15) is 22.4 Å². The maximum absolute atomic E-state index is 13.8. The molecule has 11 heteroatoms. The quantitative estimate of drug-likeness (QED) is 0.308. The van der Waals surface area contributed by atoms with Crippen molar-refractivity contribution in [1.82, 2.24) is 20.1 Å². The molecule has 0 spiro atoms. The summed E-state index contributed by atoms with van der Waals surface area (Å²) in [4.78, 5) is 22.1. The molecule has 1 fully saturated rings. The number of benzene rings is 2. The summed E-state index contributed by atoms with van der Waals surface area (Å²) < 4.78 is 57.9. The molecule has 6 nitrogen and oxygen atoms in total. The lowest BCUT2D eigenvalue weighted by molar-refractivity contribution is -0.253. The average Bonchev–Trinajstić information content (AvgIpc) is 2.93. The van der Waals surface area contributed by atoms with E-state index in [0.29, 0.717) is 35.4 Å². The van der Waals surface area contributed by atoms with Crippen LogP contribution in [-0.2, 0) is 12.0 Å². The summed E-state index contributed by atoms with van der Waals surface area (Å²) in [6.45, 7) is 1.04. The number of hydrogen-bond acceptors (Lipinski definition) is 4. The highest BCUT2D eigenvalue weighted by Gasteiger charge is 2.45. The molecule has 1 N–H and O–H groups in total. The molecule has 2 aromatic carbocycles. The SMILES string of the molecule is CN(C)C1CCN(C(=O)NC(Cc2ccccc2)(c2cccc(OC(F)(F)C(F)F)c2)c2ccc(Cl)cn2)CC1. The van der Waals surface area contributed by atoms with Gasteiger partial charge >= 0.3 is 18.6 Å². The van der Waals surface area contributed by atoms with Crippen LogP contribution < -0.4 is 10.1 Å². The lowest BCUT2D eigenvalue weighted by Gasteiger charge is -2.40. The third-order valence-corrected chi connectivity index (χ3v) is 7.34. The third-order valence-electron chi connectivity index (χ3n) is 7.11. The lowest BCUT2D eigenvalue weighted by Crippen LogP contribution is -2.56. The first-order chi connectivity index (χ1) is 19.0. The van der Waals surface area contributed by atoms with Crippen molar-refractivity contribution in [2.24, 2.45) is 0 Å². The summed E-state index contributed by atoms with van der Waals surface area (Å²) in [5.74, 6) is -0.477. The Kier molecular flexibility index (Phi) is 9.20. The van der Waals surface area contributed by atoms with E-state index in [1.54, 1.807) is 23.1 Å². The van der Waals surface area contributed by atoms with Crippen LogP contribution in [0.5, 0.6) is 5.75 Å². The first-order valence-electron chi connectivity index (χ1n) is 12.8. The molecule has 214 valence electrons. The van der Waals surface area contributed by atoms with E-state index in [1.165, 1.54) is 18.3 Å². The molecule has 1 aliphatic rings. The number of halogens is 5. The smallest absolute Gasteiger partial charge is 0.428 e. The van der Waals surface area contributed by atoms with Crippen molar-refractivity contribution in [3.8, 4) is 5.75 Å². The van der Waals surface area contributed by atoms with Crippen molar-refractivity contribution in [3.05, 3.63) is 94.8 Å². The van der Waals surface area contributed by atoms with Crippen LogP contribution in [-0.4, -0.2) is 66.6 Å². The fraction of sp³-hybridized carbons (Fsp3) is 0.379. The lowest BCUT2D eigenvalue weighted by atomic mass is 9.80. The number of rotatable bonds is 9. The summed E-state index contributed by atoms with van der Waals surface area (Å²) in [7, 11) is 4.01. The van der Waals surface area contributed by atoms with Crippen molar-refractivity contribution in [3.63, 3.8) is 0 Å². The van der Waals surface area contributed by atoms with Crippen LogP contribution in [0.1, 0.15) is 29.7 Å². The summed E-state index contributed by atoms with van der Waals surface area (Å²) in [5.41, 5.74) is 0.136. The summed E-state index contributed by atoms with van der Waals surface area (Å²) >= 11 is 6.13. The fourth-order valence-corrected chi connectivity index (χ4v) is 5.04. The van der Waals surface area contributed by atoms with Crippen molar-refractivity contribution in [2.45, 2.75) is 43.4 Å². The van der Waals surface area contributed by atoms with Crippen molar-refractivity contribution in [2.75, 3.05) is 27.2 Å². The van der Waals surface area contributed by atoms with Gasteiger partial charge in [0, 0.05) is 31.7 Å². The number of likely N-dealkylation sites (tertiary alicyclic amines) is 1. The van der Waals surface area contributed by atoms with Gasteiger partial charge < -0.3 is 19.9 Å². The summed E-state index contributed by atoms with van der Waals surface area (Å²) in [6.07, 6.45) is -5.53. The van der Waals surface area contributed by atoms with Crippen molar-refractivity contribution in [1.29, 1.82) is 0 Å². The van der Waals surface area contributed by atoms with Crippen LogP contribution in [0.4, 0.5) is 22.4 Å². The van der Waals surface area contributed by atoms with E-state index >= 15 is 0 Å². The standard InChI is InChI=1S/C29H31ClF4N4O2/c1-37(2)23-13-15-38(16-14-23)27(39)36-28(18-20-7-4-3-5-8-20,25-12-11-22(30)19-35-25)21-9-6-10-24(17-21)40-29(33,34)26(31)32/h3-12,17,19,23,26H,13-16,18H2,1-2H3,(H,36,39). The second kappa shape index (κ2) is 12.4. The molecule has 0 bridgehead atoms. The van der Waals surface area contributed by atoms with Gasteiger partial charge in [0.25, 0.3) is 0 Å². The number of carbonyl (C=O) groups excluding carboxylic acids is 1. The Labute approximate surface area is 235 Å². The molecule has 0 aliphatic carbocycles. The number of carbonyl (C=O) groups is 1. The van der Waals surface area contributed by atoms with Crippen molar-refractivity contribution >= 4 is 17.6 Å². The molecule has 1 saturated heterocycles. The Hall–Kier alpha value is -3.37. The van der Waals surface area contributed by atoms with Gasteiger partial charge in [-0.15, -0.1) is 0 Å². The number of hydrogen-bond donors (Lipinski definition) is 1. The largest absolute Gasteiger partial charge is 0.461 e. The zero-order valence-electron chi connectivity index (χ0n) is 22.2. The van der Waals surface area contributed by atoms with Gasteiger partial charge in [-0.1, -0.05) is 54.1 Å². The van der Waals surface area contributed by atoms with Crippen LogP contribution in [0.25, 0.3) is 0 Å². The molecule has 2 amide bonds. The van der Waals surface area contributed by atoms with Gasteiger partial charge in [0.1, 0.15) is 11.3 Å². The Morgan fingerprint density at radius 2 is 1.80 bits per heavy atom. The maximum atomic E-state index is 13.8. The molecule has 1 atom stereocenters. The average molecular weight is 579 g/mol. The van der Waals surface area contributed by atoms with Crippen LogP contribution >= 0.6 is 11.6 Å². The fourth-order valence-electron chi connectivity index (χ4n) is 4.92. The number of nitrogens with zero attached hydrogens (tertiary/aromatic N) is 3. The minimum atomic E-state index is -4.70. The van der Waals surface area contributed by atoms with E-state index in [-0.39, 0.29) is 12.5 Å². The van der Waals surface area contributed by atoms with Crippen LogP contribution in [0, 0.1) is 0 Å². The highest BCUT2D eigenvalue weighted by atomic mass is 35.5. The summed E-state index contributed by atoms with van der Waals surface area (Å²) in [5, 5.41) is 3.50. The number of aromatic nitrogens is 1. The zero-order valence-corrected chi connectivity index (χ0v) is 22.9. The predicted molar refractivity (Wildman–Crippen MR) is 145 cm³/mol. The third kappa shape index (κ3) is 6.85. The topological polar surface area (TPSA) is 57.7 Å². The van der Waals surface area contributed by atoms with Gasteiger partial charge in [0.15, 0.2) is 0 Å². The van der Waals surface area contributed by atoms with Gasteiger partial charge in [-0.2, -0.15) is 17.6 Å². The van der Waals surface area contributed by atoms with Gasteiger partial charge in [-0.25, -0.2) is 4.79 Å².